The van der Waals surface area contributed by atoms with Crippen molar-refractivity contribution < 1.29 is 50.4 Å². The van der Waals surface area contributed by atoms with Crippen LogP contribution in [0.5, 0.6) is 23.0 Å². The Hall–Kier alpha value is -2.87. The Kier molecular flexibility index (Phi) is 5.57. The number of ether oxygens (including phenoxy) is 2. The van der Waals surface area contributed by atoms with Crippen LogP contribution in [0.4, 0.5) is 0 Å². The van der Waals surface area contributed by atoms with E-state index in [0.717, 1.165) is 38.5 Å². The number of carbonyl (C=O) groups is 1. The van der Waals surface area contributed by atoms with Crippen LogP contribution >= 0.6 is 0 Å². The molecule has 28 heavy (non-hydrogen) atoms. The van der Waals surface area contributed by atoms with E-state index < -0.39 is 69.9 Å². The van der Waals surface area contributed by atoms with Gasteiger partial charge in [-0.1, -0.05) is 0 Å². The molecule has 0 unspecified atom stereocenters. The van der Waals surface area contributed by atoms with Crippen LogP contribution < -0.4 is 9.47 Å². The monoisotopic (exact) mass is 434 g/mol. The summed E-state index contributed by atoms with van der Waals surface area (Å²) in [6, 6.07) is 3.68. The third-order valence-electron chi connectivity index (χ3n) is 3.63. The summed E-state index contributed by atoms with van der Waals surface area (Å²) in [6.45, 7) is 0. The Morgan fingerprint density at radius 2 is 1.07 bits per heavy atom. The fourth-order valence-corrected chi connectivity index (χ4v) is 4.03. The average Bonchev–Trinajstić information content (AvgIpc) is 2.58. The number of carbonyl (C=O) groups excluding carboxylic acids is 1. The number of aromatic hydroxyl groups is 2. The zero-order valence-corrected chi connectivity index (χ0v) is 15.9. The van der Waals surface area contributed by atoms with Crippen LogP contribution in [-0.2, 0) is 20.2 Å². The lowest BCUT2D eigenvalue weighted by molar-refractivity contribution is 0.103. The summed E-state index contributed by atoms with van der Waals surface area (Å²) in [4.78, 5) is 10.3. The van der Waals surface area contributed by atoms with Crippen LogP contribution in [0.1, 0.15) is 15.9 Å². The molecule has 0 saturated heterocycles. The van der Waals surface area contributed by atoms with Gasteiger partial charge in [0.2, 0.25) is 0 Å². The molecule has 0 amide bonds. The van der Waals surface area contributed by atoms with E-state index in [1.165, 1.54) is 0 Å². The van der Waals surface area contributed by atoms with E-state index in [0.29, 0.717) is 0 Å². The number of rotatable bonds is 6. The molecule has 0 aromatic heterocycles. The fourth-order valence-electron chi connectivity index (χ4n) is 2.46. The Bertz CT molecular complexity index is 1070. The van der Waals surface area contributed by atoms with Crippen molar-refractivity contribution in [3.8, 4) is 23.0 Å². The smallest absolute Gasteiger partial charge is 0.299 e. The molecule has 0 spiro atoms. The lowest BCUT2D eigenvalue weighted by atomic mass is 10.0. The highest BCUT2D eigenvalue weighted by Crippen LogP contribution is 2.40. The predicted molar refractivity (Wildman–Crippen MR) is 92.4 cm³/mol. The molecular formula is C15H14O11S2. The lowest BCUT2D eigenvalue weighted by Crippen LogP contribution is -2.14. The molecule has 2 aromatic rings. The normalized spacial score (nSPS) is 11.9. The highest BCUT2D eigenvalue weighted by Gasteiger charge is 2.33. The maximum atomic E-state index is 12.8. The van der Waals surface area contributed by atoms with Crippen LogP contribution in [0.2, 0.25) is 0 Å². The zero-order chi connectivity index (χ0) is 21.4. The van der Waals surface area contributed by atoms with Crippen molar-refractivity contribution in [3.05, 3.63) is 35.4 Å². The first-order valence-electron chi connectivity index (χ1n) is 7.14. The van der Waals surface area contributed by atoms with Gasteiger partial charge in [0.15, 0.2) is 38.6 Å². The van der Waals surface area contributed by atoms with E-state index in [9.17, 15) is 40.9 Å². The van der Waals surface area contributed by atoms with Gasteiger partial charge >= 0.3 is 0 Å². The largest absolute Gasteiger partial charge is 0.503 e. The molecule has 0 aliphatic carbocycles. The first-order chi connectivity index (χ1) is 12.8. The highest BCUT2D eigenvalue weighted by molar-refractivity contribution is 7.86. The fraction of sp³-hybridized carbons (Fsp3) is 0.133. The zero-order valence-electron chi connectivity index (χ0n) is 14.3. The third-order valence-corrected chi connectivity index (χ3v) is 5.49. The molecule has 13 heteroatoms. The summed E-state index contributed by atoms with van der Waals surface area (Å²) >= 11 is 0. The van der Waals surface area contributed by atoms with Gasteiger partial charge in [-0.25, -0.2) is 0 Å². The van der Waals surface area contributed by atoms with E-state index >= 15 is 0 Å². The highest BCUT2D eigenvalue weighted by atomic mass is 32.2. The Morgan fingerprint density at radius 3 is 1.32 bits per heavy atom. The summed E-state index contributed by atoms with van der Waals surface area (Å²) in [5, 5.41) is 20.0. The molecule has 152 valence electrons. The van der Waals surface area contributed by atoms with E-state index in [-0.39, 0.29) is 0 Å². The Labute approximate surface area is 159 Å². The van der Waals surface area contributed by atoms with Gasteiger partial charge in [-0.05, 0) is 24.3 Å². The molecule has 4 N–H and O–H groups in total. The second-order valence-corrected chi connectivity index (χ2v) is 7.98. The number of methoxy groups -OCH3 is 2. The summed E-state index contributed by atoms with van der Waals surface area (Å²) in [5.41, 5.74) is -1.68. The van der Waals surface area contributed by atoms with E-state index in [1.807, 2.05) is 0 Å². The lowest BCUT2D eigenvalue weighted by Gasteiger charge is -2.14. The summed E-state index contributed by atoms with van der Waals surface area (Å²) < 4.78 is 75.0. The number of hydrogen-bond acceptors (Lipinski definition) is 9. The van der Waals surface area contributed by atoms with Gasteiger partial charge in [-0.3, -0.25) is 13.9 Å². The van der Waals surface area contributed by atoms with Crippen LogP contribution in [0.3, 0.4) is 0 Å². The van der Waals surface area contributed by atoms with Gasteiger partial charge in [0.25, 0.3) is 20.2 Å². The molecule has 0 saturated carbocycles. The average molecular weight is 434 g/mol. The van der Waals surface area contributed by atoms with E-state index in [2.05, 4.69) is 0 Å². The Balaban J connectivity index is 2.90. The quantitative estimate of drug-likeness (QED) is 0.373. The minimum absolute atomic E-state index is 0.392. The van der Waals surface area contributed by atoms with Gasteiger partial charge < -0.3 is 19.7 Å². The van der Waals surface area contributed by atoms with Crippen LogP contribution in [-0.4, -0.2) is 56.2 Å². The standard InChI is InChI=1S/C15H14O11S2/c1-25-9-5-3-7(14(12(9)17)27(19,20)21)11(16)8-4-6-10(26-2)13(18)15(8)28(22,23)24/h3-6,17-18H,1-2H3,(H,19,20,21)(H,22,23,24). The SMILES string of the molecule is COc1ccc(C(=O)c2ccc(OC)c(O)c2S(=O)(=O)O)c(S(=O)(=O)O)c1O. The molecule has 0 atom stereocenters. The van der Waals surface area contributed by atoms with Crippen molar-refractivity contribution in [1.29, 1.82) is 0 Å². The van der Waals surface area contributed by atoms with Gasteiger partial charge in [0.1, 0.15) is 0 Å². The number of benzene rings is 2. The van der Waals surface area contributed by atoms with Crippen LogP contribution in [0.25, 0.3) is 0 Å². The molecule has 11 nitrogen and oxygen atoms in total. The van der Waals surface area contributed by atoms with Crippen LogP contribution in [0, 0.1) is 0 Å². The summed E-state index contributed by atoms with van der Waals surface area (Å²) in [7, 11) is -8.17. The number of phenols is 2. The van der Waals surface area contributed by atoms with E-state index in [1.54, 1.807) is 0 Å². The third kappa shape index (κ3) is 3.73. The van der Waals surface area contributed by atoms with Crippen molar-refractivity contribution in [2.45, 2.75) is 9.79 Å². The molecule has 0 heterocycles. The molecule has 0 fully saturated rings. The second kappa shape index (κ2) is 7.27. The van der Waals surface area contributed by atoms with Gasteiger partial charge in [-0.2, -0.15) is 16.8 Å². The number of phenolic OH excluding ortho intramolecular Hbond substituents is 2. The molecule has 0 radical (unpaired) electrons. The van der Waals surface area contributed by atoms with Gasteiger partial charge in [0.05, 0.1) is 14.2 Å². The van der Waals surface area contributed by atoms with Crippen molar-refractivity contribution in [3.63, 3.8) is 0 Å². The summed E-state index contributed by atoms with van der Waals surface area (Å²) in [6.07, 6.45) is 0. The Morgan fingerprint density at radius 1 is 0.750 bits per heavy atom. The minimum Gasteiger partial charge on any atom is -0.503 e. The number of hydrogen-bond donors (Lipinski definition) is 4. The topological polar surface area (TPSA) is 185 Å². The minimum atomic E-state index is -5.17. The molecule has 0 aliphatic heterocycles. The predicted octanol–water partition coefficient (Wildman–Crippen LogP) is 0.839. The van der Waals surface area contributed by atoms with Crippen molar-refractivity contribution in [1.82, 2.24) is 0 Å². The van der Waals surface area contributed by atoms with Crippen molar-refractivity contribution in [2.75, 3.05) is 14.2 Å². The van der Waals surface area contributed by atoms with Gasteiger partial charge in [0, 0.05) is 11.1 Å². The molecular weight excluding hydrogens is 420 g/mol. The van der Waals surface area contributed by atoms with E-state index in [4.69, 9.17) is 9.47 Å². The molecule has 0 aliphatic rings. The maximum Gasteiger partial charge on any atom is 0.299 e. The molecule has 2 rings (SSSR count). The molecule has 2 aromatic carbocycles. The molecule has 0 bridgehead atoms. The number of ketones is 1. The first kappa shape index (κ1) is 21.4. The van der Waals surface area contributed by atoms with Crippen LogP contribution in [0.15, 0.2) is 34.1 Å². The summed E-state index contributed by atoms with van der Waals surface area (Å²) in [5.74, 6) is -4.33. The van der Waals surface area contributed by atoms with Gasteiger partial charge in [-0.15, -0.1) is 0 Å². The second-order valence-electron chi connectivity index (χ2n) is 5.27. The van der Waals surface area contributed by atoms with Crippen molar-refractivity contribution in [2.24, 2.45) is 0 Å². The first-order valence-corrected chi connectivity index (χ1v) is 10.0. The maximum absolute atomic E-state index is 12.8. The van der Waals surface area contributed by atoms with Crippen molar-refractivity contribution >= 4 is 26.0 Å².